The molecule has 0 fully saturated rings. The van der Waals surface area contributed by atoms with Crippen LogP contribution < -0.4 is 0 Å². The number of ether oxygens (including phenoxy) is 1. The Balaban J connectivity index is 3.89. The Labute approximate surface area is 153 Å². The fourth-order valence-corrected chi connectivity index (χ4v) is 3.01. The summed E-state index contributed by atoms with van der Waals surface area (Å²) in [5.74, 6) is -1.08. The first-order valence-electron chi connectivity index (χ1n) is 10.0. The lowest BCUT2D eigenvalue weighted by Gasteiger charge is -2.22. The molecule has 0 aromatic heterocycles. The van der Waals surface area contributed by atoms with E-state index in [1.54, 1.807) is 0 Å². The Bertz CT molecular complexity index is 343. The molecule has 5 heteroatoms. The molecule has 2 N–H and O–H groups in total. The van der Waals surface area contributed by atoms with Crippen molar-refractivity contribution in [2.24, 2.45) is 0 Å². The molecule has 148 valence electrons. The number of carbonyl (C=O) groups excluding carboxylic acids is 1. The van der Waals surface area contributed by atoms with Crippen molar-refractivity contribution in [1.82, 2.24) is 0 Å². The monoisotopic (exact) mass is 358 g/mol. The summed E-state index contributed by atoms with van der Waals surface area (Å²) < 4.78 is 5.30. The molecule has 0 aromatic rings. The third kappa shape index (κ3) is 16.1. The van der Waals surface area contributed by atoms with E-state index in [4.69, 9.17) is 9.84 Å². The van der Waals surface area contributed by atoms with Crippen LogP contribution in [0.2, 0.25) is 0 Å². The summed E-state index contributed by atoms with van der Waals surface area (Å²) >= 11 is 0. The lowest BCUT2D eigenvalue weighted by atomic mass is 9.99. The summed E-state index contributed by atoms with van der Waals surface area (Å²) in [4.78, 5) is 21.7. The van der Waals surface area contributed by atoms with Gasteiger partial charge >= 0.3 is 11.9 Å². The first-order chi connectivity index (χ1) is 12.0. The largest absolute Gasteiger partial charge is 0.481 e. The molecule has 0 aliphatic rings. The second kappa shape index (κ2) is 16.4. The topological polar surface area (TPSA) is 83.8 Å². The quantitative estimate of drug-likeness (QED) is 0.287. The first kappa shape index (κ1) is 23.9. The van der Waals surface area contributed by atoms with E-state index < -0.39 is 18.2 Å². The lowest BCUT2D eigenvalue weighted by Crippen LogP contribution is -2.30. The third-order valence-corrected chi connectivity index (χ3v) is 4.48. The van der Waals surface area contributed by atoms with Crippen molar-refractivity contribution >= 4 is 11.9 Å². The zero-order chi connectivity index (χ0) is 18.9. The van der Waals surface area contributed by atoms with Gasteiger partial charge in [0.2, 0.25) is 0 Å². The van der Waals surface area contributed by atoms with Crippen molar-refractivity contribution in [3.63, 3.8) is 0 Å². The van der Waals surface area contributed by atoms with Gasteiger partial charge in [-0.15, -0.1) is 0 Å². The standard InChI is InChI=1S/C20H38O5/c1-3-4-5-6-8-11-14-18(22)19(25-17(2)21)15-12-9-7-10-13-16-20(23)24/h18-19,22H,3-16H2,1-2H3,(H,23,24)/t18-,19+/m1/s1. The summed E-state index contributed by atoms with van der Waals surface area (Å²) in [7, 11) is 0. The van der Waals surface area contributed by atoms with Crippen molar-refractivity contribution in [1.29, 1.82) is 0 Å². The van der Waals surface area contributed by atoms with E-state index in [2.05, 4.69) is 6.92 Å². The third-order valence-electron chi connectivity index (χ3n) is 4.48. The Kier molecular flexibility index (Phi) is 15.7. The Hall–Kier alpha value is -1.10. The van der Waals surface area contributed by atoms with Crippen molar-refractivity contribution in [3.05, 3.63) is 0 Å². The minimum Gasteiger partial charge on any atom is -0.481 e. The van der Waals surface area contributed by atoms with Crippen LogP contribution in [0.25, 0.3) is 0 Å². The second-order valence-corrected chi connectivity index (χ2v) is 6.97. The number of carboxylic acids is 1. The highest BCUT2D eigenvalue weighted by atomic mass is 16.6. The van der Waals surface area contributed by atoms with Gasteiger partial charge in [0.25, 0.3) is 0 Å². The number of hydrogen-bond donors (Lipinski definition) is 2. The van der Waals surface area contributed by atoms with Crippen molar-refractivity contribution in [2.45, 2.75) is 116 Å². The fraction of sp³-hybridized carbons (Fsp3) is 0.900. The normalized spacial score (nSPS) is 13.4. The van der Waals surface area contributed by atoms with E-state index in [9.17, 15) is 14.7 Å². The van der Waals surface area contributed by atoms with Crippen LogP contribution in [0.3, 0.4) is 0 Å². The van der Waals surface area contributed by atoms with Gasteiger partial charge in [-0.3, -0.25) is 9.59 Å². The highest BCUT2D eigenvalue weighted by Crippen LogP contribution is 2.17. The zero-order valence-electron chi connectivity index (χ0n) is 16.2. The van der Waals surface area contributed by atoms with Gasteiger partial charge in [-0.05, 0) is 25.7 Å². The summed E-state index contributed by atoms with van der Waals surface area (Å²) in [5.41, 5.74) is 0. The zero-order valence-corrected chi connectivity index (χ0v) is 16.2. The molecule has 0 aliphatic carbocycles. The van der Waals surface area contributed by atoms with Gasteiger partial charge in [0.15, 0.2) is 0 Å². The molecule has 0 saturated carbocycles. The van der Waals surface area contributed by atoms with E-state index in [-0.39, 0.29) is 12.4 Å². The number of aliphatic hydroxyl groups excluding tert-OH is 1. The van der Waals surface area contributed by atoms with Crippen LogP contribution in [0.5, 0.6) is 0 Å². The molecule has 0 aliphatic heterocycles. The van der Waals surface area contributed by atoms with Gasteiger partial charge < -0.3 is 14.9 Å². The van der Waals surface area contributed by atoms with E-state index in [1.165, 1.54) is 32.6 Å². The summed E-state index contributed by atoms with van der Waals surface area (Å²) in [5, 5.41) is 18.9. The minimum absolute atomic E-state index is 0.229. The highest BCUT2D eigenvalue weighted by Gasteiger charge is 2.21. The molecule has 2 atom stereocenters. The number of carboxylic acid groups (broad SMARTS) is 1. The molecule has 0 amide bonds. The maximum atomic E-state index is 11.3. The van der Waals surface area contributed by atoms with Gasteiger partial charge in [0, 0.05) is 13.3 Å². The molecule has 0 unspecified atom stereocenters. The highest BCUT2D eigenvalue weighted by molar-refractivity contribution is 5.66. The minimum atomic E-state index is -0.743. The summed E-state index contributed by atoms with van der Waals surface area (Å²) in [6.45, 7) is 3.58. The molecule has 0 spiro atoms. The van der Waals surface area contributed by atoms with Gasteiger partial charge in [0.1, 0.15) is 6.10 Å². The average Bonchev–Trinajstić information content (AvgIpc) is 2.55. The second-order valence-electron chi connectivity index (χ2n) is 6.97. The van der Waals surface area contributed by atoms with Crippen LogP contribution in [0.15, 0.2) is 0 Å². The molecule has 25 heavy (non-hydrogen) atoms. The molecule has 0 bridgehead atoms. The Morgan fingerprint density at radius 3 is 1.92 bits per heavy atom. The first-order valence-corrected chi connectivity index (χ1v) is 10.0. The predicted octanol–water partition coefficient (Wildman–Crippen LogP) is 4.84. The van der Waals surface area contributed by atoms with Crippen molar-refractivity contribution in [3.8, 4) is 0 Å². The number of aliphatic hydroxyl groups is 1. The predicted molar refractivity (Wildman–Crippen MR) is 99.5 cm³/mol. The molecule has 0 aromatic carbocycles. The van der Waals surface area contributed by atoms with Gasteiger partial charge in [-0.25, -0.2) is 0 Å². The van der Waals surface area contributed by atoms with Gasteiger partial charge in [-0.1, -0.05) is 64.7 Å². The summed E-state index contributed by atoms with van der Waals surface area (Å²) in [6, 6.07) is 0. The maximum Gasteiger partial charge on any atom is 0.303 e. The smallest absolute Gasteiger partial charge is 0.303 e. The number of aliphatic carboxylic acids is 1. The molecule has 0 rings (SSSR count). The van der Waals surface area contributed by atoms with E-state index in [0.29, 0.717) is 19.3 Å². The number of hydrogen-bond acceptors (Lipinski definition) is 4. The van der Waals surface area contributed by atoms with Crippen molar-refractivity contribution in [2.75, 3.05) is 0 Å². The van der Waals surface area contributed by atoms with E-state index >= 15 is 0 Å². The Morgan fingerprint density at radius 1 is 0.840 bits per heavy atom. The molecule has 0 radical (unpaired) electrons. The van der Waals surface area contributed by atoms with Gasteiger partial charge in [-0.2, -0.15) is 0 Å². The molecular weight excluding hydrogens is 320 g/mol. The average molecular weight is 359 g/mol. The van der Waals surface area contributed by atoms with Crippen LogP contribution in [0, 0.1) is 0 Å². The van der Waals surface area contributed by atoms with Gasteiger partial charge in [0.05, 0.1) is 6.10 Å². The Morgan fingerprint density at radius 2 is 1.36 bits per heavy atom. The van der Waals surface area contributed by atoms with Crippen LogP contribution in [0.1, 0.15) is 104 Å². The van der Waals surface area contributed by atoms with Crippen LogP contribution in [-0.4, -0.2) is 34.4 Å². The molecular formula is C20H38O5. The molecule has 0 saturated heterocycles. The van der Waals surface area contributed by atoms with Crippen LogP contribution in [0.4, 0.5) is 0 Å². The van der Waals surface area contributed by atoms with E-state index in [1.807, 2.05) is 0 Å². The van der Waals surface area contributed by atoms with Crippen molar-refractivity contribution < 1.29 is 24.5 Å². The number of esters is 1. The molecule has 0 heterocycles. The SMILES string of the molecule is CCCCCCCC[C@@H](O)[C@H](CCCCCCCC(=O)O)OC(C)=O. The number of carbonyl (C=O) groups is 2. The van der Waals surface area contributed by atoms with E-state index in [0.717, 1.165) is 38.5 Å². The number of rotatable bonds is 17. The molecule has 5 nitrogen and oxygen atoms in total. The lowest BCUT2D eigenvalue weighted by molar-refractivity contribution is -0.153. The van der Waals surface area contributed by atoms with Crippen LogP contribution >= 0.6 is 0 Å². The maximum absolute atomic E-state index is 11.3. The fourth-order valence-electron chi connectivity index (χ4n) is 3.01. The summed E-state index contributed by atoms with van der Waals surface area (Å²) in [6.07, 6.45) is 12.1. The van der Waals surface area contributed by atoms with Crippen LogP contribution in [-0.2, 0) is 14.3 Å². The number of unbranched alkanes of at least 4 members (excludes halogenated alkanes) is 9.